The van der Waals surface area contributed by atoms with Crippen LogP contribution in [0, 0.1) is 11.3 Å². The fourth-order valence-corrected chi connectivity index (χ4v) is 2.36. The van der Waals surface area contributed by atoms with E-state index in [2.05, 4.69) is 15.4 Å². The smallest absolute Gasteiger partial charge is 0.258 e. The molecule has 2 aromatic carbocycles. The molecule has 1 N–H and O–H groups in total. The van der Waals surface area contributed by atoms with Crippen LogP contribution >= 0.6 is 0 Å². The van der Waals surface area contributed by atoms with Crippen molar-refractivity contribution >= 4 is 5.91 Å². The van der Waals surface area contributed by atoms with Gasteiger partial charge in [0.1, 0.15) is 12.7 Å². The Morgan fingerprint density at radius 3 is 2.70 bits per heavy atom. The molecule has 0 aliphatic heterocycles. The summed E-state index contributed by atoms with van der Waals surface area (Å²) in [6, 6.07) is 14.4. The van der Waals surface area contributed by atoms with E-state index in [1.165, 1.54) is 13.4 Å². The van der Waals surface area contributed by atoms with Crippen LogP contribution in [0.15, 0.2) is 55.1 Å². The van der Waals surface area contributed by atoms with Gasteiger partial charge in [-0.2, -0.15) is 10.4 Å². The van der Waals surface area contributed by atoms with Gasteiger partial charge in [0.25, 0.3) is 5.91 Å². The van der Waals surface area contributed by atoms with Gasteiger partial charge in [0.2, 0.25) is 0 Å². The molecule has 0 spiro atoms. The first kappa shape index (κ1) is 17.9. The third kappa shape index (κ3) is 4.61. The van der Waals surface area contributed by atoms with Crippen molar-refractivity contribution in [2.24, 2.45) is 0 Å². The lowest BCUT2D eigenvalue weighted by Gasteiger charge is -2.11. The molecule has 0 atom stereocenters. The minimum Gasteiger partial charge on any atom is -0.493 e. The molecular weight excluding hydrogens is 346 g/mol. The van der Waals surface area contributed by atoms with E-state index in [9.17, 15) is 4.79 Å². The molecule has 3 aromatic rings. The van der Waals surface area contributed by atoms with Gasteiger partial charge in [0.15, 0.2) is 18.1 Å². The number of nitriles is 1. The highest BCUT2D eigenvalue weighted by Gasteiger charge is 2.09. The summed E-state index contributed by atoms with van der Waals surface area (Å²) in [6.45, 7) is 0.226. The average Bonchev–Trinajstić information content (AvgIpc) is 3.25. The summed E-state index contributed by atoms with van der Waals surface area (Å²) in [7, 11) is 1.48. The number of nitrogens with zero attached hydrogens (tertiary/aromatic N) is 4. The molecule has 1 aromatic heterocycles. The maximum atomic E-state index is 12.0. The Hall–Kier alpha value is -3.86. The summed E-state index contributed by atoms with van der Waals surface area (Å²) in [4.78, 5) is 15.9. The van der Waals surface area contributed by atoms with E-state index in [0.717, 1.165) is 11.3 Å². The van der Waals surface area contributed by atoms with Crippen molar-refractivity contribution in [1.82, 2.24) is 20.1 Å². The lowest BCUT2D eigenvalue weighted by atomic mass is 10.2. The summed E-state index contributed by atoms with van der Waals surface area (Å²) in [5.74, 6) is 0.552. The predicted molar refractivity (Wildman–Crippen MR) is 96.4 cm³/mol. The largest absolute Gasteiger partial charge is 0.493 e. The van der Waals surface area contributed by atoms with Crippen LogP contribution in [0.5, 0.6) is 11.5 Å². The first-order valence-electron chi connectivity index (χ1n) is 8.11. The zero-order chi connectivity index (χ0) is 19.1. The number of hydrogen-bond donors (Lipinski definition) is 1. The van der Waals surface area contributed by atoms with E-state index < -0.39 is 0 Å². The summed E-state index contributed by atoms with van der Waals surface area (Å²) < 4.78 is 12.3. The number of ether oxygens (including phenoxy) is 2. The fourth-order valence-electron chi connectivity index (χ4n) is 2.36. The minimum absolute atomic E-state index is 0.153. The molecule has 27 heavy (non-hydrogen) atoms. The fraction of sp³-hybridized carbons (Fsp3) is 0.158. The monoisotopic (exact) mass is 363 g/mol. The topological polar surface area (TPSA) is 102 Å². The molecule has 0 fully saturated rings. The SMILES string of the molecule is COc1cc(C#N)ccc1OCC(=O)NCc1ccc(-n2cncn2)cc1. The molecular formula is C19H17N5O3. The molecule has 1 amide bonds. The molecule has 3 rings (SSSR count). The Labute approximate surface area is 156 Å². The van der Waals surface area contributed by atoms with Crippen molar-refractivity contribution in [2.45, 2.75) is 6.54 Å². The number of aromatic nitrogens is 3. The van der Waals surface area contributed by atoms with Gasteiger partial charge in [-0.1, -0.05) is 12.1 Å². The van der Waals surface area contributed by atoms with Crippen molar-refractivity contribution in [3.8, 4) is 23.3 Å². The van der Waals surface area contributed by atoms with E-state index >= 15 is 0 Å². The second kappa shape index (κ2) is 8.49. The normalized spacial score (nSPS) is 10.1. The lowest BCUT2D eigenvalue weighted by molar-refractivity contribution is -0.123. The second-order valence-corrected chi connectivity index (χ2v) is 5.55. The van der Waals surface area contributed by atoms with Gasteiger partial charge < -0.3 is 14.8 Å². The van der Waals surface area contributed by atoms with E-state index in [-0.39, 0.29) is 12.5 Å². The van der Waals surface area contributed by atoms with Crippen molar-refractivity contribution in [3.63, 3.8) is 0 Å². The summed E-state index contributed by atoms with van der Waals surface area (Å²) in [5.41, 5.74) is 2.29. The molecule has 0 aliphatic carbocycles. The highest BCUT2D eigenvalue weighted by atomic mass is 16.5. The van der Waals surface area contributed by atoms with Gasteiger partial charge in [-0.05, 0) is 29.8 Å². The lowest BCUT2D eigenvalue weighted by Crippen LogP contribution is -2.28. The van der Waals surface area contributed by atoms with Gasteiger partial charge in [-0.3, -0.25) is 4.79 Å². The Morgan fingerprint density at radius 2 is 2.04 bits per heavy atom. The minimum atomic E-state index is -0.262. The molecule has 0 saturated carbocycles. The maximum absolute atomic E-state index is 12.0. The van der Waals surface area contributed by atoms with Crippen LogP contribution in [0.2, 0.25) is 0 Å². The Balaban J connectivity index is 1.51. The van der Waals surface area contributed by atoms with Crippen LogP contribution in [-0.4, -0.2) is 34.4 Å². The second-order valence-electron chi connectivity index (χ2n) is 5.55. The molecule has 1 heterocycles. The van der Waals surface area contributed by atoms with Crippen LogP contribution in [0.1, 0.15) is 11.1 Å². The van der Waals surface area contributed by atoms with E-state index in [4.69, 9.17) is 14.7 Å². The number of nitrogens with one attached hydrogen (secondary N) is 1. The van der Waals surface area contributed by atoms with Crippen LogP contribution in [0.4, 0.5) is 0 Å². The van der Waals surface area contributed by atoms with Crippen LogP contribution in [0.25, 0.3) is 5.69 Å². The first-order valence-corrected chi connectivity index (χ1v) is 8.11. The number of carbonyl (C=O) groups excluding carboxylic acids is 1. The van der Waals surface area contributed by atoms with E-state index in [0.29, 0.717) is 23.6 Å². The highest BCUT2D eigenvalue weighted by Crippen LogP contribution is 2.27. The maximum Gasteiger partial charge on any atom is 0.258 e. The summed E-state index contributed by atoms with van der Waals surface area (Å²) in [6.07, 6.45) is 3.09. The van der Waals surface area contributed by atoms with Gasteiger partial charge in [-0.15, -0.1) is 0 Å². The number of hydrogen-bond acceptors (Lipinski definition) is 6. The Morgan fingerprint density at radius 1 is 1.22 bits per heavy atom. The quantitative estimate of drug-likeness (QED) is 0.687. The van der Waals surface area contributed by atoms with Crippen molar-refractivity contribution in [3.05, 3.63) is 66.2 Å². The number of rotatable bonds is 7. The summed E-state index contributed by atoms with van der Waals surface area (Å²) >= 11 is 0. The third-order valence-electron chi connectivity index (χ3n) is 3.76. The number of benzene rings is 2. The molecule has 0 saturated heterocycles. The molecule has 8 heteroatoms. The molecule has 8 nitrogen and oxygen atoms in total. The van der Waals surface area contributed by atoms with Gasteiger partial charge in [0, 0.05) is 12.6 Å². The first-order chi connectivity index (χ1) is 13.2. The number of methoxy groups -OCH3 is 1. The molecule has 0 radical (unpaired) electrons. The number of carbonyl (C=O) groups is 1. The summed E-state index contributed by atoms with van der Waals surface area (Å²) in [5, 5.41) is 15.7. The van der Waals surface area contributed by atoms with Crippen molar-refractivity contribution < 1.29 is 14.3 Å². The van der Waals surface area contributed by atoms with Crippen molar-refractivity contribution in [2.75, 3.05) is 13.7 Å². The zero-order valence-corrected chi connectivity index (χ0v) is 14.6. The van der Waals surface area contributed by atoms with Crippen molar-refractivity contribution in [1.29, 1.82) is 5.26 Å². The third-order valence-corrected chi connectivity index (χ3v) is 3.76. The predicted octanol–water partition coefficient (Wildman–Crippen LogP) is 1.84. The Bertz CT molecular complexity index is 946. The van der Waals surface area contributed by atoms with E-state index in [1.807, 2.05) is 30.3 Å². The zero-order valence-electron chi connectivity index (χ0n) is 14.6. The molecule has 0 unspecified atom stereocenters. The molecule has 0 aliphatic rings. The van der Waals surface area contributed by atoms with Gasteiger partial charge in [0.05, 0.1) is 24.4 Å². The van der Waals surface area contributed by atoms with Crippen LogP contribution < -0.4 is 14.8 Å². The van der Waals surface area contributed by atoms with Crippen LogP contribution in [-0.2, 0) is 11.3 Å². The van der Waals surface area contributed by atoms with Gasteiger partial charge in [-0.25, -0.2) is 9.67 Å². The average molecular weight is 363 g/mol. The standard InChI is InChI=1S/C19H17N5O3/c1-26-18-8-15(9-20)4-7-17(18)27-11-19(25)22-10-14-2-5-16(6-3-14)24-13-21-12-23-24/h2-8,12-13H,10-11H2,1H3,(H,22,25). The number of amides is 1. The van der Waals surface area contributed by atoms with E-state index in [1.54, 1.807) is 29.2 Å². The van der Waals surface area contributed by atoms with Gasteiger partial charge >= 0.3 is 0 Å². The highest BCUT2D eigenvalue weighted by molar-refractivity contribution is 5.77. The Kier molecular flexibility index (Phi) is 5.64. The van der Waals surface area contributed by atoms with Crippen LogP contribution in [0.3, 0.4) is 0 Å². The molecule has 0 bridgehead atoms. The molecule has 136 valence electrons.